The predicted octanol–water partition coefficient (Wildman–Crippen LogP) is 2.90. The summed E-state index contributed by atoms with van der Waals surface area (Å²) in [6.45, 7) is 4.66. The van der Waals surface area contributed by atoms with Gasteiger partial charge in [0.1, 0.15) is 5.75 Å². The largest absolute Gasteiger partial charge is 0.497 e. The fourth-order valence-corrected chi connectivity index (χ4v) is 3.71. The van der Waals surface area contributed by atoms with Gasteiger partial charge in [-0.2, -0.15) is 0 Å². The van der Waals surface area contributed by atoms with E-state index in [4.69, 9.17) is 15.2 Å². The first kappa shape index (κ1) is 20.6. The minimum absolute atomic E-state index is 0.00606. The van der Waals surface area contributed by atoms with E-state index in [2.05, 4.69) is 18.0 Å². The third kappa shape index (κ3) is 5.00. The van der Waals surface area contributed by atoms with Gasteiger partial charge in [0.2, 0.25) is 0 Å². The van der Waals surface area contributed by atoms with Gasteiger partial charge in [-0.1, -0.05) is 42.5 Å². The van der Waals surface area contributed by atoms with Crippen molar-refractivity contribution in [2.24, 2.45) is 5.73 Å². The van der Waals surface area contributed by atoms with Crippen LogP contribution in [0, 0.1) is 0 Å². The summed E-state index contributed by atoms with van der Waals surface area (Å²) in [6.07, 6.45) is 2.57. The van der Waals surface area contributed by atoms with Crippen molar-refractivity contribution in [1.29, 1.82) is 0 Å². The van der Waals surface area contributed by atoms with E-state index in [1.807, 2.05) is 42.5 Å². The first-order chi connectivity index (χ1) is 13.6. The maximum absolute atomic E-state index is 10.5. The summed E-state index contributed by atoms with van der Waals surface area (Å²) in [5, 5.41) is 14.0. The number of ether oxygens (including phenoxy) is 2. The predicted molar refractivity (Wildman–Crippen MR) is 111 cm³/mol. The molecule has 0 heterocycles. The number of fused-ring (bicyclic) bond motifs is 1. The Labute approximate surface area is 167 Å². The van der Waals surface area contributed by atoms with Gasteiger partial charge < -0.3 is 25.6 Å². The first-order valence-corrected chi connectivity index (χ1v) is 9.73. The molecule has 2 aromatic carbocycles. The minimum atomic E-state index is -0.637. The molecule has 28 heavy (non-hydrogen) atoms. The molecule has 0 saturated heterocycles. The van der Waals surface area contributed by atoms with Crippen molar-refractivity contribution in [1.82, 2.24) is 5.32 Å². The molecule has 2 aromatic rings. The smallest absolute Gasteiger partial charge is 0.119 e. The molecular weight excluding hydrogens is 352 g/mol. The number of nitrogens with one attached hydrogen (secondary N) is 1. The van der Waals surface area contributed by atoms with Crippen LogP contribution in [-0.4, -0.2) is 37.5 Å². The Hall–Kier alpha value is -2.18. The summed E-state index contributed by atoms with van der Waals surface area (Å²) in [7, 11) is 1.66. The van der Waals surface area contributed by atoms with Gasteiger partial charge in [0.05, 0.1) is 25.9 Å². The quantitative estimate of drug-likeness (QED) is 0.551. The number of aliphatic hydroxyl groups excluding tert-OH is 1. The van der Waals surface area contributed by atoms with Crippen LogP contribution in [0.3, 0.4) is 0 Å². The molecule has 0 amide bonds. The molecule has 150 valence electrons. The van der Waals surface area contributed by atoms with Crippen molar-refractivity contribution in [3.8, 4) is 5.75 Å². The fourth-order valence-electron chi connectivity index (χ4n) is 3.71. The Kier molecular flexibility index (Phi) is 7.23. The van der Waals surface area contributed by atoms with Gasteiger partial charge in [0, 0.05) is 18.6 Å². The van der Waals surface area contributed by atoms with E-state index in [1.54, 1.807) is 13.2 Å². The SMILES string of the molecule is C=CCO[C@@H]1C[C@H](NCC(O)[C@@H](N)Cc2ccccc2)c2cc(OC)ccc21. The minimum Gasteiger partial charge on any atom is -0.497 e. The molecule has 0 bridgehead atoms. The van der Waals surface area contributed by atoms with Gasteiger partial charge in [0.25, 0.3) is 0 Å². The molecular formula is C23H30N2O3. The van der Waals surface area contributed by atoms with Crippen LogP contribution in [0.2, 0.25) is 0 Å². The van der Waals surface area contributed by atoms with Crippen LogP contribution in [0.4, 0.5) is 0 Å². The molecule has 0 saturated carbocycles. The number of nitrogens with two attached hydrogens (primary N) is 1. The second kappa shape index (κ2) is 9.85. The van der Waals surface area contributed by atoms with E-state index in [0.29, 0.717) is 19.6 Å². The molecule has 1 unspecified atom stereocenters. The van der Waals surface area contributed by atoms with Crippen LogP contribution >= 0.6 is 0 Å². The van der Waals surface area contributed by atoms with Gasteiger partial charge >= 0.3 is 0 Å². The molecule has 0 aromatic heterocycles. The molecule has 0 spiro atoms. The zero-order chi connectivity index (χ0) is 19.9. The van der Waals surface area contributed by atoms with E-state index in [1.165, 1.54) is 0 Å². The molecule has 1 aliphatic carbocycles. The molecule has 3 rings (SSSR count). The van der Waals surface area contributed by atoms with E-state index in [0.717, 1.165) is 28.9 Å². The van der Waals surface area contributed by atoms with E-state index < -0.39 is 6.10 Å². The van der Waals surface area contributed by atoms with Gasteiger partial charge in [-0.15, -0.1) is 6.58 Å². The third-order valence-corrected chi connectivity index (χ3v) is 5.26. The highest BCUT2D eigenvalue weighted by molar-refractivity contribution is 5.42. The number of aliphatic hydroxyl groups is 1. The number of benzene rings is 2. The normalized spacial score (nSPS) is 20.4. The van der Waals surface area contributed by atoms with Crippen LogP contribution in [0.5, 0.6) is 5.75 Å². The van der Waals surface area contributed by atoms with Crippen molar-refractivity contribution in [3.05, 3.63) is 77.9 Å². The molecule has 5 heteroatoms. The van der Waals surface area contributed by atoms with Gasteiger partial charge in [-0.25, -0.2) is 0 Å². The summed E-state index contributed by atoms with van der Waals surface area (Å²) in [5.41, 5.74) is 9.66. The third-order valence-electron chi connectivity index (χ3n) is 5.26. The van der Waals surface area contributed by atoms with Gasteiger partial charge in [-0.3, -0.25) is 0 Å². The van der Waals surface area contributed by atoms with Crippen LogP contribution in [0.15, 0.2) is 61.2 Å². The molecule has 0 aliphatic heterocycles. The number of rotatable bonds is 10. The van der Waals surface area contributed by atoms with Crippen molar-refractivity contribution in [2.45, 2.75) is 37.1 Å². The Bertz CT molecular complexity index is 766. The Balaban J connectivity index is 1.62. The highest BCUT2D eigenvalue weighted by atomic mass is 16.5. The maximum atomic E-state index is 10.5. The van der Waals surface area contributed by atoms with Crippen LogP contribution in [-0.2, 0) is 11.2 Å². The van der Waals surface area contributed by atoms with Crippen LogP contribution in [0.1, 0.15) is 35.3 Å². The van der Waals surface area contributed by atoms with Crippen molar-refractivity contribution >= 4 is 0 Å². The maximum Gasteiger partial charge on any atom is 0.119 e. The fraction of sp³-hybridized carbons (Fsp3) is 0.391. The summed E-state index contributed by atoms with van der Waals surface area (Å²) < 4.78 is 11.3. The lowest BCUT2D eigenvalue weighted by molar-refractivity contribution is 0.0678. The monoisotopic (exact) mass is 382 g/mol. The summed E-state index contributed by atoms with van der Waals surface area (Å²) in [5.74, 6) is 0.816. The lowest BCUT2D eigenvalue weighted by Gasteiger charge is -2.22. The highest BCUT2D eigenvalue weighted by Crippen LogP contribution is 2.42. The lowest BCUT2D eigenvalue weighted by Crippen LogP contribution is -2.43. The zero-order valence-electron chi connectivity index (χ0n) is 16.4. The topological polar surface area (TPSA) is 76.7 Å². The average molecular weight is 383 g/mol. The van der Waals surface area contributed by atoms with Crippen molar-refractivity contribution in [3.63, 3.8) is 0 Å². The Morgan fingerprint density at radius 1 is 1.25 bits per heavy atom. The highest BCUT2D eigenvalue weighted by Gasteiger charge is 2.32. The van der Waals surface area contributed by atoms with Gasteiger partial charge in [0.15, 0.2) is 0 Å². The lowest BCUT2D eigenvalue weighted by atomic mass is 10.0. The Morgan fingerprint density at radius 2 is 2.04 bits per heavy atom. The molecule has 4 atom stereocenters. The van der Waals surface area contributed by atoms with Crippen LogP contribution in [0.25, 0.3) is 0 Å². The van der Waals surface area contributed by atoms with Crippen molar-refractivity contribution < 1.29 is 14.6 Å². The number of hydrogen-bond acceptors (Lipinski definition) is 5. The summed E-state index contributed by atoms with van der Waals surface area (Å²) in [6, 6.07) is 15.8. The van der Waals surface area contributed by atoms with E-state index in [-0.39, 0.29) is 18.2 Å². The second-order valence-electron chi connectivity index (χ2n) is 7.22. The molecule has 1 aliphatic rings. The molecule has 0 radical (unpaired) electrons. The average Bonchev–Trinajstić information content (AvgIpc) is 3.07. The molecule has 4 N–H and O–H groups in total. The molecule has 0 fully saturated rings. The number of hydrogen-bond donors (Lipinski definition) is 3. The van der Waals surface area contributed by atoms with E-state index >= 15 is 0 Å². The summed E-state index contributed by atoms with van der Waals surface area (Å²) >= 11 is 0. The van der Waals surface area contributed by atoms with Crippen LogP contribution < -0.4 is 15.8 Å². The zero-order valence-corrected chi connectivity index (χ0v) is 16.4. The van der Waals surface area contributed by atoms with E-state index in [9.17, 15) is 5.11 Å². The molecule has 5 nitrogen and oxygen atoms in total. The number of methoxy groups -OCH3 is 1. The Morgan fingerprint density at radius 3 is 2.75 bits per heavy atom. The second-order valence-corrected chi connectivity index (χ2v) is 7.22. The van der Waals surface area contributed by atoms with Gasteiger partial charge in [-0.05, 0) is 41.7 Å². The summed E-state index contributed by atoms with van der Waals surface area (Å²) in [4.78, 5) is 0. The van der Waals surface area contributed by atoms with Crippen molar-refractivity contribution in [2.75, 3.05) is 20.3 Å². The first-order valence-electron chi connectivity index (χ1n) is 9.73. The standard InChI is InChI=1S/C23H30N2O3/c1-3-11-28-23-14-21(19-13-17(27-2)9-10-18(19)23)25-15-22(26)20(24)12-16-7-5-4-6-8-16/h3-10,13,20-23,25-26H,1,11-12,14-15,24H2,2H3/t20-,21-,22?,23+/m0/s1.